The molecular weight excluding hydrogens is 420 g/mol. The summed E-state index contributed by atoms with van der Waals surface area (Å²) in [5.74, 6) is 0. The van der Waals surface area contributed by atoms with Gasteiger partial charge in [0.25, 0.3) is 0 Å². The summed E-state index contributed by atoms with van der Waals surface area (Å²) in [4.78, 5) is 32.7. The molecule has 1 fully saturated rings. The van der Waals surface area contributed by atoms with Crippen LogP contribution in [-0.2, 0) is 9.47 Å². The third-order valence-electron chi connectivity index (χ3n) is 4.68. The summed E-state index contributed by atoms with van der Waals surface area (Å²) in [5.41, 5.74) is 1.04. The number of carbonyl (C=O) groups is 2. The molecule has 1 unspecified atom stereocenters. The van der Waals surface area contributed by atoms with Gasteiger partial charge in [-0.05, 0) is 41.0 Å². The highest BCUT2D eigenvalue weighted by atomic mass is 32.2. The zero-order valence-electron chi connectivity index (χ0n) is 18.0. The number of amides is 1. The molecule has 1 saturated heterocycles. The highest BCUT2D eigenvalue weighted by Crippen LogP contribution is 2.41. The number of carbonyl (C=O) groups excluding carboxylic acids is 2. The van der Waals surface area contributed by atoms with E-state index in [0.717, 1.165) is 4.88 Å². The molecule has 3 rings (SSSR count). The van der Waals surface area contributed by atoms with Gasteiger partial charge >= 0.3 is 6.09 Å². The smallest absolute Gasteiger partial charge is 0.412 e. The fourth-order valence-electron chi connectivity index (χ4n) is 3.36. The van der Waals surface area contributed by atoms with Gasteiger partial charge in [0, 0.05) is 16.6 Å². The fourth-order valence-corrected chi connectivity index (χ4v) is 5.31. The SMILES string of the molecule is CC(C)(C)OC(=O)N1C(C[C@@H](SC(=O)c2ccccc2)c2cncs2)COC1(C)C. The second kappa shape index (κ2) is 9.08. The van der Waals surface area contributed by atoms with Gasteiger partial charge in [0.15, 0.2) is 0 Å². The van der Waals surface area contributed by atoms with E-state index in [1.54, 1.807) is 16.6 Å². The van der Waals surface area contributed by atoms with Crippen molar-refractivity contribution >= 4 is 34.3 Å². The molecule has 1 amide bonds. The number of nitrogens with zero attached hydrogens (tertiary/aromatic N) is 2. The Bertz CT molecular complexity index is 863. The Hall–Kier alpha value is -1.90. The lowest BCUT2D eigenvalue weighted by atomic mass is 10.1. The van der Waals surface area contributed by atoms with Crippen molar-refractivity contribution in [3.05, 3.63) is 52.5 Å². The Kier molecular flexibility index (Phi) is 6.89. The molecule has 0 aliphatic carbocycles. The maximum Gasteiger partial charge on any atom is 0.412 e. The van der Waals surface area contributed by atoms with Crippen LogP contribution in [0.25, 0.3) is 0 Å². The maximum absolute atomic E-state index is 12.9. The van der Waals surface area contributed by atoms with E-state index in [9.17, 15) is 9.59 Å². The average molecular weight is 449 g/mol. The number of hydrogen-bond donors (Lipinski definition) is 0. The second-order valence-electron chi connectivity index (χ2n) is 8.66. The molecule has 0 spiro atoms. The summed E-state index contributed by atoms with van der Waals surface area (Å²) >= 11 is 2.78. The number of ether oxygens (including phenoxy) is 2. The van der Waals surface area contributed by atoms with Crippen LogP contribution in [-0.4, -0.2) is 45.1 Å². The van der Waals surface area contributed by atoms with E-state index in [4.69, 9.17) is 9.47 Å². The topological polar surface area (TPSA) is 68.7 Å². The molecule has 2 atom stereocenters. The molecule has 0 radical (unpaired) electrons. The molecule has 2 aromatic rings. The zero-order valence-corrected chi connectivity index (χ0v) is 19.6. The number of rotatable bonds is 5. The summed E-state index contributed by atoms with van der Waals surface area (Å²) < 4.78 is 11.6. The van der Waals surface area contributed by atoms with Crippen LogP contribution in [0.5, 0.6) is 0 Å². The summed E-state index contributed by atoms with van der Waals surface area (Å²) in [5, 5.41) is -0.145. The quantitative estimate of drug-likeness (QED) is 0.600. The van der Waals surface area contributed by atoms with Gasteiger partial charge < -0.3 is 9.47 Å². The number of thiazole rings is 1. The molecule has 8 heteroatoms. The van der Waals surface area contributed by atoms with E-state index in [-0.39, 0.29) is 16.4 Å². The molecule has 0 bridgehead atoms. The van der Waals surface area contributed by atoms with Crippen molar-refractivity contribution in [2.75, 3.05) is 6.61 Å². The highest BCUT2D eigenvalue weighted by Gasteiger charge is 2.46. The van der Waals surface area contributed by atoms with E-state index in [2.05, 4.69) is 4.98 Å². The molecule has 162 valence electrons. The first-order chi connectivity index (χ1) is 14.1. The largest absolute Gasteiger partial charge is 0.444 e. The van der Waals surface area contributed by atoms with Gasteiger partial charge in [-0.25, -0.2) is 4.79 Å². The standard InChI is InChI=1S/C22H28N2O4S2/c1-21(2,3)28-20(26)24-16(13-27-22(24,4)5)11-17(18-12-23-14-29-18)30-19(25)15-9-7-6-8-10-15/h6-10,12,14,16-17H,11,13H2,1-5H3/t16?,17-/m1/s1. The number of benzene rings is 1. The Balaban J connectivity index is 1.81. The Labute approximate surface area is 186 Å². The Morgan fingerprint density at radius 2 is 2.03 bits per heavy atom. The van der Waals surface area contributed by atoms with Crippen molar-refractivity contribution in [2.24, 2.45) is 0 Å². The highest BCUT2D eigenvalue weighted by molar-refractivity contribution is 8.14. The molecular formula is C22H28N2O4S2. The number of thioether (sulfide) groups is 1. The lowest BCUT2D eigenvalue weighted by Crippen LogP contribution is -2.50. The van der Waals surface area contributed by atoms with Gasteiger partial charge in [-0.3, -0.25) is 14.7 Å². The summed E-state index contributed by atoms with van der Waals surface area (Å²) in [6.07, 6.45) is 1.95. The first kappa shape index (κ1) is 22.8. The Morgan fingerprint density at radius 1 is 1.33 bits per heavy atom. The third-order valence-corrected chi connectivity index (χ3v) is 6.90. The van der Waals surface area contributed by atoms with Crippen molar-refractivity contribution in [3.63, 3.8) is 0 Å². The van der Waals surface area contributed by atoms with Gasteiger partial charge in [0.05, 0.1) is 23.4 Å². The lowest BCUT2D eigenvalue weighted by molar-refractivity contribution is -0.0626. The molecule has 1 aromatic carbocycles. The van der Waals surface area contributed by atoms with E-state index in [1.807, 2.05) is 65.0 Å². The van der Waals surface area contributed by atoms with Crippen LogP contribution in [0.4, 0.5) is 4.79 Å². The lowest BCUT2D eigenvalue weighted by Gasteiger charge is -2.35. The van der Waals surface area contributed by atoms with Crippen LogP contribution in [0.3, 0.4) is 0 Å². The summed E-state index contributed by atoms with van der Waals surface area (Å²) in [7, 11) is 0. The normalized spacial score (nSPS) is 19.5. The minimum Gasteiger partial charge on any atom is -0.444 e. The predicted molar refractivity (Wildman–Crippen MR) is 120 cm³/mol. The van der Waals surface area contributed by atoms with E-state index in [0.29, 0.717) is 18.6 Å². The fraction of sp³-hybridized carbons (Fsp3) is 0.500. The van der Waals surface area contributed by atoms with E-state index < -0.39 is 17.4 Å². The molecule has 1 aliphatic rings. The van der Waals surface area contributed by atoms with Crippen LogP contribution >= 0.6 is 23.1 Å². The van der Waals surface area contributed by atoms with Crippen molar-refractivity contribution in [3.8, 4) is 0 Å². The third kappa shape index (κ3) is 5.62. The first-order valence-corrected chi connectivity index (χ1v) is 11.6. The minimum absolute atomic E-state index is 0.00371. The molecule has 0 N–H and O–H groups in total. The first-order valence-electron chi connectivity index (χ1n) is 9.87. The molecule has 30 heavy (non-hydrogen) atoms. The van der Waals surface area contributed by atoms with Crippen LogP contribution in [0.15, 0.2) is 42.0 Å². The summed E-state index contributed by atoms with van der Waals surface area (Å²) in [6.45, 7) is 9.65. The number of hydrogen-bond acceptors (Lipinski definition) is 7. The predicted octanol–water partition coefficient (Wildman–Crippen LogP) is 5.52. The minimum atomic E-state index is -0.778. The van der Waals surface area contributed by atoms with Gasteiger partial charge in [0.1, 0.15) is 11.3 Å². The van der Waals surface area contributed by atoms with Crippen LogP contribution in [0, 0.1) is 0 Å². The van der Waals surface area contributed by atoms with Crippen LogP contribution in [0.2, 0.25) is 0 Å². The molecule has 0 saturated carbocycles. The Morgan fingerprint density at radius 3 is 2.63 bits per heavy atom. The second-order valence-corrected chi connectivity index (χ2v) is 10.8. The van der Waals surface area contributed by atoms with Crippen molar-refractivity contribution in [1.82, 2.24) is 9.88 Å². The van der Waals surface area contributed by atoms with Gasteiger partial charge in [-0.15, -0.1) is 11.3 Å². The van der Waals surface area contributed by atoms with Crippen LogP contribution in [0.1, 0.15) is 61.5 Å². The molecule has 1 aliphatic heterocycles. The van der Waals surface area contributed by atoms with Crippen LogP contribution < -0.4 is 0 Å². The monoisotopic (exact) mass is 448 g/mol. The van der Waals surface area contributed by atoms with Crippen molar-refractivity contribution in [1.29, 1.82) is 0 Å². The van der Waals surface area contributed by atoms with Crippen molar-refractivity contribution < 1.29 is 19.1 Å². The molecule has 1 aromatic heterocycles. The van der Waals surface area contributed by atoms with Gasteiger partial charge in [-0.1, -0.05) is 42.1 Å². The number of aromatic nitrogens is 1. The van der Waals surface area contributed by atoms with E-state index >= 15 is 0 Å². The molecule has 2 heterocycles. The zero-order chi connectivity index (χ0) is 21.9. The maximum atomic E-state index is 12.9. The van der Waals surface area contributed by atoms with E-state index in [1.165, 1.54) is 23.1 Å². The average Bonchev–Trinajstić information content (AvgIpc) is 3.28. The summed E-state index contributed by atoms with van der Waals surface area (Å²) in [6, 6.07) is 9.01. The van der Waals surface area contributed by atoms with Gasteiger partial charge in [-0.2, -0.15) is 0 Å². The van der Waals surface area contributed by atoms with Crippen molar-refractivity contribution in [2.45, 2.75) is 63.7 Å². The van der Waals surface area contributed by atoms with Gasteiger partial charge in [0.2, 0.25) is 5.12 Å². The molecule has 6 nitrogen and oxygen atoms in total.